The third kappa shape index (κ3) is 6.80. The maximum Gasteiger partial charge on any atom is 0.346 e. The third-order valence-corrected chi connectivity index (χ3v) is 16.2. The van der Waals surface area contributed by atoms with Crippen molar-refractivity contribution < 1.29 is 18.4 Å². The predicted molar refractivity (Wildman–Crippen MR) is 181 cm³/mol. The van der Waals surface area contributed by atoms with Gasteiger partial charge >= 0.3 is 7.67 Å². The normalized spacial score (nSPS) is 23.0. The molecule has 1 unspecified atom stereocenters. The van der Waals surface area contributed by atoms with Gasteiger partial charge in [-0.1, -0.05) is 58.0 Å². The molecule has 10 nitrogen and oxygen atoms in total. The van der Waals surface area contributed by atoms with Crippen molar-refractivity contribution in [3.63, 3.8) is 0 Å². The summed E-state index contributed by atoms with van der Waals surface area (Å²) in [5, 5.41) is 3.32. The fourth-order valence-corrected chi connectivity index (χ4v) is 14.7. The van der Waals surface area contributed by atoms with Gasteiger partial charge < -0.3 is 4.74 Å². The van der Waals surface area contributed by atoms with Crippen molar-refractivity contribution in [1.82, 2.24) is 28.6 Å². The van der Waals surface area contributed by atoms with E-state index in [1.165, 1.54) is 11.3 Å². The minimum Gasteiger partial charge on any atom is -0.477 e. The van der Waals surface area contributed by atoms with Crippen LogP contribution < -0.4 is 4.74 Å². The number of hydrogen-bond donors (Lipinski definition) is 0. The number of aromatic nitrogens is 2. The zero-order valence-corrected chi connectivity index (χ0v) is 30.7. The molecular weight excluding hydrogens is 634 g/mol. The minimum atomic E-state index is -3.51. The number of nitrogens with zero attached hydrogens (tertiary/aromatic N) is 6. The molecule has 0 amide bonds. The molecule has 0 spiro atoms. The van der Waals surface area contributed by atoms with E-state index in [1.807, 2.05) is 61.1 Å². The van der Waals surface area contributed by atoms with Gasteiger partial charge in [-0.2, -0.15) is 0 Å². The van der Waals surface area contributed by atoms with Gasteiger partial charge in [0.1, 0.15) is 10.0 Å². The van der Waals surface area contributed by atoms with Crippen molar-refractivity contribution in [3.05, 3.63) is 51.3 Å². The lowest BCUT2D eigenvalue weighted by Crippen LogP contribution is -2.49. The Kier molecular flexibility index (Phi) is 9.72. The maximum atomic E-state index is 15.1. The second-order valence-corrected chi connectivity index (χ2v) is 21.3. The van der Waals surface area contributed by atoms with Crippen LogP contribution in [0.5, 0.6) is 5.88 Å². The number of benzene rings is 1. The van der Waals surface area contributed by atoms with E-state index in [0.717, 1.165) is 21.1 Å². The Hall–Kier alpha value is -1.46. The van der Waals surface area contributed by atoms with Gasteiger partial charge in [-0.05, 0) is 45.9 Å². The molecule has 2 aliphatic rings. The average molecular weight is 681 g/mol. The summed E-state index contributed by atoms with van der Waals surface area (Å²) in [6, 6.07) is 10.2. The number of ether oxygens (including phenoxy) is 1. The van der Waals surface area contributed by atoms with Crippen LogP contribution in [0.3, 0.4) is 0 Å². The first-order valence-electron chi connectivity index (χ1n) is 14.9. The standard InChI is InChI=1S/C30H46N6O4P2S2/c1-22-24(31-26(44-22)23-13-11-10-12-14-23)15-16-39-25-17-43-27(32-25)28(41(37)33(6)18-29(2,3)19-34(41)7)40-42(38)35(8)20-30(4,5)21-36(42)9/h10-14,17,28H,15-16,18-21H2,1-9H3. The van der Waals surface area contributed by atoms with Crippen LogP contribution in [0.15, 0.2) is 35.7 Å². The van der Waals surface area contributed by atoms with Gasteiger partial charge in [-0.3, -0.25) is 13.7 Å². The van der Waals surface area contributed by atoms with E-state index in [1.54, 1.807) is 20.7 Å². The van der Waals surface area contributed by atoms with Crippen LogP contribution in [-0.2, 0) is 20.1 Å². The molecule has 1 atom stereocenters. The summed E-state index contributed by atoms with van der Waals surface area (Å²) in [6.45, 7) is 13.5. The zero-order chi connectivity index (χ0) is 32.1. The summed E-state index contributed by atoms with van der Waals surface area (Å²) in [5.74, 6) is -0.573. The number of thiazole rings is 2. The largest absolute Gasteiger partial charge is 0.477 e. The van der Waals surface area contributed by atoms with Crippen LogP contribution >= 0.6 is 37.8 Å². The lowest BCUT2D eigenvalue weighted by atomic mass is 9.93. The van der Waals surface area contributed by atoms with Crippen LogP contribution in [0.1, 0.15) is 49.1 Å². The summed E-state index contributed by atoms with van der Waals surface area (Å²) >= 11 is 3.02. The Morgan fingerprint density at radius 2 is 1.45 bits per heavy atom. The van der Waals surface area contributed by atoms with Crippen LogP contribution in [-0.4, -0.2) is 89.6 Å². The van der Waals surface area contributed by atoms with E-state index in [2.05, 4.69) is 46.8 Å². The Bertz CT molecular complexity index is 1530. The molecule has 44 heavy (non-hydrogen) atoms. The first kappa shape index (κ1) is 33.9. The maximum absolute atomic E-state index is 15.1. The molecule has 5 rings (SSSR count). The van der Waals surface area contributed by atoms with Crippen LogP contribution in [0.2, 0.25) is 0 Å². The Morgan fingerprint density at radius 3 is 2.05 bits per heavy atom. The van der Waals surface area contributed by atoms with Crippen molar-refractivity contribution in [2.75, 3.05) is 61.0 Å². The van der Waals surface area contributed by atoms with E-state index in [4.69, 9.17) is 19.2 Å². The molecule has 0 saturated carbocycles. The van der Waals surface area contributed by atoms with Gasteiger partial charge in [0, 0.05) is 43.0 Å². The highest BCUT2D eigenvalue weighted by Gasteiger charge is 2.55. The highest BCUT2D eigenvalue weighted by atomic mass is 32.1. The van der Waals surface area contributed by atoms with E-state index >= 15 is 4.57 Å². The fraction of sp³-hybridized carbons (Fsp3) is 0.600. The highest BCUT2D eigenvalue weighted by molar-refractivity contribution is 7.61. The van der Waals surface area contributed by atoms with Crippen LogP contribution in [0.25, 0.3) is 10.6 Å². The van der Waals surface area contributed by atoms with Gasteiger partial charge in [0.05, 0.1) is 17.7 Å². The zero-order valence-electron chi connectivity index (χ0n) is 27.3. The molecule has 0 aliphatic carbocycles. The predicted octanol–water partition coefficient (Wildman–Crippen LogP) is 7.32. The van der Waals surface area contributed by atoms with E-state index in [9.17, 15) is 4.57 Å². The monoisotopic (exact) mass is 680 g/mol. The molecule has 0 bridgehead atoms. The van der Waals surface area contributed by atoms with Gasteiger partial charge in [-0.15, -0.1) is 22.7 Å². The third-order valence-electron chi connectivity index (χ3n) is 8.23. The van der Waals surface area contributed by atoms with Gasteiger partial charge in [0.25, 0.3) is 7.44 Å². The highest BCUT2D eigenvalue weighted by Crippen LogP contribution is 2.72. The lowest BCUT2D eigenvalue weighted by Gasteiger charge is -2.51. The summed E-state index contributed by atoms with van der Waals surface area (Å²) in [5.41, 5.74) is 1.98. The van der Waals surface area contributed by atoms with Crippen LogP contribution in [0, 0.1) is 17.8 Å². The van der Waals surface area contributed by atoms with E-state index in [-0.39, 0.29) is 10.8 Å². The molecule has 0 radical (unpaired) electrons. The van der Waals surface area contributed by atoms with Crippen molar-refractivity contribution in [2.24, 2.45) is 10.8 Å². The molecule has 4 heterocycles. The smallest absolute Gasteiger partial charge is 0.346 e. The molecule has 1 aromatic carbocycles. The molecule has 14 heteroatoms. The van der Waals surface area contributed by atoms with Crippen LogP contribution in [0.4, 0.5) is 0 Å². The van der Waals surface area contributed by atoms with Gasteiger partial charge in [0.2, 0.25) is 5.88 Å². The average Bonchev–Trinajstić information content (AvgIpc) is 3.55. The molecule has 0 N–H and O–H groups in total. The molecule has 2 aromatic heterocycles. The van der Waals surface area contributed by atoms with Crippen molar-refractivity contribution in [1.29, 1.82) is 0 Å². The molecule has 2 saturated heterocycles. The summed E-state index contributed by atoms with van der Waals surface area (Å²) in [7, 11) is 0.475. The fourth-order valence-electron chi connectivity index (χ4n) is 6.45. The quantitative estimate of drug-likeness (QED) is 0.214. The second-order valence-electron chi connectivity index (χ2n) is 13.6. The second kappa shape index (κ2) is 12.6. The van der Waals surface area contributed by atoms with Gasteiger partial charge in [-0.25, -0.2) is 28.6 Å². The summed E-state index contributed by atoms with van der Waals surface area (Å²) in [6.07, 6.45) is 0.640. The minimum absolute atomic E-state index is 0.0667. The lowest BCUT2D eigenvalue weighted by molar-refractivity contribution is 0.110. The first-order valence-corrected chi connectivity index (χ1v) is 19.8. The van der Waals surface area contributed by atoms with Crippen molar-refractivity contribution in [3.8, 4) is 16.5 Å². The first-order chi connectivity index (χ1) is 20.5. The molecule has 3 aromatic rings. The SMILES string of the molecule is Cc1sc(-c2ccccc2)nc1CCOc1csc(C(OP2(=O)N(C)CC(C)(C)CN2C)P2(=O)N(C)CC(C)(C)CN2C)n1. The van der Waals surface area contributed by atoms with E-state index in [0.29, 0.717) is 50.1 Å². The Balaban J connectivity index is 1.38. The summed E-state index contributed by atoms with van der Waals surface area (Å²) in [4.78, 5) is 10.8. The van der Waals surface area contributed by atoms with E-state index < -0.39 is 21.0 Å². The molecule has 2 aliphatic heterocycles. The summed E-state index contributed by atoms with van der Waals surface area (Å²) < 4.78 is 49.7. The van der Waals surface area contributed by atoms with Crippen molar-refractivity contribution >= 4 is 37.8 Å². The Labute approximate surface area is 270 Å². The Morgan fingerprint density at radius 1 is 0.886 bits per heavy atom. The number of hydrogen-bond acceptors (Lipinski definition) is 8. The number of rotatable bonds is 9. The molecule has 2 fully saturated rings. The number of aryl methyl sites for hydroxylation is 1. The molecular formula is C30H46N6O4P2S2. The van der Waals surface area contributed by atoms with Gasteiger partial charge in [0.15, 0.2) is 5.85 Å². The molecule has 242 valence electrons. The topological polar surface area (TPSA) is 91.3 Å². The van der Waals surface area contributed by atoms with Crippen molar-refractivity contribution in [2.45, 2.75) is 46.9 Å².